The maximum Gasteiger partial charge on any atom is 0.322 e. The first-order valence-corrected chi connectivity index (χ1v) is 8.23. The van der Waals surface area contributed by atoms with E-state index in [-0.39, 0.29) is 13.0 Å². The van der Waals surface area contributed by atoms with E-state index in [4.69, 9.17) is 5.26 Å². The van der Waals surface area contributed by atoms with Crippen molar-refractivity contribution in [2.45, 2.75) is 18.7 Å². The first kappa shape index (κ1) is 16.4. The van der Waals surface area contributed by atoms with Gasteiger partial charge in [-0.25, -0.2) is 9.18 Å². The van der Waals surface area contributed by atoms with Gasteiger partial charge in [0.15, 0.2) is 0 Å². The molecule has 6 nitrogen and oxygen atoms in total. The van der Waals surface area contributed by atoms with Crippen LogP contribution in [0.3, 0.4) is 0 Å². The number of rotatable bonds is 2. The molecule has 0 aromatic carbocycles. The monoisotopic (exact) mass is 346 g/mol. The smallest absolute Gasteiger partial charge is 0.322 e. The predicted molar refractivity (Wildman–Crippen MR) is 88.4 cm³/mol. The van der Waals surface area contributed by atoms with Crippen molar-refractivity contribution in [3.8, 4) is 16.6 Å². The molecular formula is C16H15FN4O2S. The van der Waals surface area contributed by atoms with Gasteiger partial charge >= 0.3 is 6.03 Å². The third kappa shape index (κ3) is 3.37. The molecule has 8 heteroatoms. The van der Waals surface area contributed by atoms with Crippen LogP contribution in [0.5, 0.6) is 0 Å². The summed E-state index contributed by atoms with van der Waals surface area (Å²) in [6, 6.07) is 8.50. The Bertz CT molecular complexity index is 788. The summed E-state index contributed by atoms with van der Waals surface area (Å²) in [5.74, 6) is 0. The molecule has 2 amide bonds. The maximum atomic E-state index is 13.6. The van der Waals surface area contributed by atoms with Gasteiger partial charge in [0, 0.05) is 12.7 Å². The van der Waals surface area contributed by atoms with Gasteiger partial charge in [-0.05, 0) is 30.7 Å². The van der Waals surface area contributed by atoms with Gasteiger partial charge in [0.2, 0.25) is 0 Å². The lowest BCUT2D eigenvalue weighted by Gasteiger charge is -2.32. The van der Waals surface area contributed by atoms with Crippen molar-refractivity contribution in [1.82, 2.24) is 9.88 Å². The van der Waals surface area contributed by atoms with Crippen molar-refractivity contribution in [3.63, 3.8) is 0 Å². The predicted octanol–water partition coefficient (Wildman–Crippen LogP) is 2.62. The molecule has 24 heavy (non-hydrogen) atoms. The molecule has 2 unspecified atom stereocenters. The van der Waals surface area contributed by atoms with E-state index in [0.29, 0.717) is 22.8 Å². The Balaban J connectivity index is 1.78. The van der Waals surface area contributed by atoms with E-state index in [0.717, 1.165) is 4.88 Å². The van der Waals surface area contributed by atoms with E-state index in [1.54, 1.807) is 30.5 Å². The fourth-order valence-electron chi connectivity index (χ4n) is 2.50. The van der Waals surface area contributed by atoms with Crippen LogP contribution in [0.15, 0.2) is 30.5 Å². The van der Waals surface area contributed by atoms with Crippen molar-refractivity contribution in [2.24, 2.45) is 0 Å². The number of hydrogen-bond donors (Lipinski definition) is 2. The van der Waals surface area contributed by atoms with Crippen LogP contribution in [0, 0.1) is 11.3 Å². The summed E-state index contributed by atoms with van der Waals surface area (Å²) >= 11 is 1.28. The minimum absolute atomic E-state index is 0.139. The summed E-state index contributed by atoms with van der Waals surface area (Å²) < 4.78 is 13.6. The Hall–Kier alpha value is -2.50. The van der Waals surface area contributed by atoms with E-state index < -0.39 is 18.3 Å². The summed E-state index contributed by atoms with van der Waals surface area (Å²) in [5, 5.41) is 21.1. The maximum absolute atomic E-state index is 13.6. The fourth-order valence-corrected chi connectivity index (χ4v) is 3.31. The Kier molecular flexibility index (Phi) is 4.74. The number of alkyl halides is 1. The Morgan fingerprint density at radius 2 is 2.33 bits per heavy atom. The molecule has 2 N–H and O–H groups in total. The number of anilines is 1. The second-order valence-corrected chi connectivity index (χ2v) is 6.51. The zero-order valence-corrected chi connectivity index (χ0v) is 13.5. The number of nitrogens with one attached hydrogen (secondary N) is 1. The summed E-state index contributed by atoms with van der Waals surface area (Å²) in [4.78, 5) is 19.3. The average Bonchev–Trinajstić information content (AvgIpc) is 3.06. The summed E-state index contributed by atoms with van der Waals surface area (Å²) in [5.41, 5.74) is 1.06. The fraction of sp³-hybridized carbons (Fsp3) is 0.312. The van der Waals surface area contributed by atoms with Crippen LogP contribution in [0.1, 0.15) is 11.3 Å². The molecule has 1 aliphatic rings. The second-order valence-electron chi connectivity index (χ2n) is 5.42. The topological polar surface area (TPSA) is 89.2 Å². The molecule has 3 heterocycles. The van der Waals surface area contributed by atoms with E-state index in [2.05, 4.69) is 16.4 Å². The van der Waals surface area contributed by atoms with E-state index >= 15 is 0 Å². The molecule has 0 spiro atoms. The molecule has 124 valence electrons. The molecule has 2 aromatic rings. The van der Waals surface area contributed by atoms with Gasteiger partial charge in [-0.15, -0.1) is 11.3 Å². The van der Waals surface area contributed by atoms with Crippen molar-refractivity contribution < 1.29 is 14.3 Å². The van der Waals surface area contributed by atoms with Gasteiger partial charge < -0.3 is 15.3 Å². The zero-order chi connectivity index (χ0) is 17.1. The number of pyridine rings is 1. The Morgan fingerprint density at radius 3 is 3.04 bits per heavy atom. The number of aliphatic hydroxyl groups excluding tert-OH is 1. The van der Waals surface area contributed by atoms with Gasteiger partial charge in [0.05, 0.1) is 23.2 Å². The number of nitrogens with zero attached hydrogens (tertiary/aromatic N) is 3. The van der Waals surface area contributed by atoms with Crippen LogP contribution < -0.4 is 5.32 Å². The van der Waals surface area contributed by atoms with Crippen LogP contribution in [-0.2, 0) is 0 Å². The lowest BCUT2D eigenvalue weighted by atomic mass is 10.1. The number of carbonyl (C=O) groups excluding carboxylic acids is 1. The summed E-state index contributed by atoms with van der Waals surface area (Å²) in [7, 11) is 0. The third-order valence-corrected chi connectivity index (χ3v) is 4.79. The number of thiophene rings is 1. The summed E-state index contributed by atoms with van der Waals surface area (Å²) in [6.07, 6.45) is -0.636. The summed E-state index contributed by atoms with van der Waals surface area (Å²) in [6.45, 7) is 0.154. The van der Waals surface area contributed by atoms with E-state index in [1.165, 1.54) is 16.2 Å². The van der Waals surface area contributed by atoms with Gasteiger partial charge in [0.1, 0.15) is 22.8 Å². The SMILES string of the molecule is N#Cc1ccc(-c2ncccc2NC(=O)N2CCC(O)C(F)C2)s1. The second kappa shape index (κ2) is 6.95. The molecule has 0 saturated carbocycles. The number of aliphatic hydroxyl groups is 1. The molecule has 0 aliphatic carbocycles. The van der Waals surface area contributed by atoms with Crippen LogP contribution in [-0.4, -0.2) is 46.4 Å². The third-order valence-electron chi connectivity index (χ3n) is 3.79. The normalized spacial score (nSPS) is 20.5. The molecule has 0 bridgehead atoms. The quantitative estimate of drug-likeness (QED) is 0.875. The van der Waals surface area contributed by atoms with Crippen LogP contribution in [0.2, 0.25) is 0 Å². The molecule has 1 fully saturated rings. The number of piperidine rings is 1. The highest BCUT2D eigenvalue weighted by Crippen LogP contribution is 2.31. The van der Waals surface area contributed by atoms with Crippen molar-refractivity contribution >= 4 is 23.1 Å². The van der Waals surface area contributed by atoms with Crippen LogP contribution in [0.4, 0.5) is 14.9 Å². The molecule has 0 radical (unpaired) electrons. The van der Waals surface area contributed by atoms with Crippen molar-refractivity contribution in [3.05, 3.63) is 35.3 Å². The number of halogens is 1. The minimum atomic E-state index is -1.44. The standard InChI is InChI=1S/C16H15FN4O2S/c17-11-9-21(7-5-13(11)22)16(23)20-12-2-1-6-19-15(12)14-4-3-10(8-18)24-14/h1-4,6,11,13,22H,5,7,9H2,(H,20,23). The zero-order valence-electron chi connectivity index (χ0n) is 12.6. The van der Waals surface area contributed by atoms with Crippen molar-refractivity contribution in [1.29, 1.82) is 5.26 Å². The molecule has 3 rings (SSSR count). The first-order valence-electron chi connectivity index (χ1n) is 7.42. The van der Waals surface area contributed by atoms with Crippen LogP contribution in [0.25, 0.3) is 10.6 Å². The Morgan fingerprint density at radius 1 is 1.50 bits per heavy atom. The van der Waals surface area contributed by atoms with Crippen molar-refractivity contribution in [2.75, 3.05) is 18.4 Å². The molecule has 1 saturated heterocycles. The molecule has 1 aliphatic heterocycles. The average molecular weight is 346 g/mol. The number of aromatic nitrogens is 1. The number of likely N-dealkylation sites (tertiary alicyclic amines) is 1. The molecule has 2 aromatic heterocycles. The lowest BCUT2D eigenvalue weighted by molar-refractivity contribution is 0.0205. The number of hydrogen-bond acceptors (Lipinski definition) is 5. The first-order chi connectivity index (χ1) is 11.6. The largest absolute Gasteiger partial charge is 0.390 e. The number of carbonyl (C=O) groups is 1. The van der Waals surface area contributed by atoms with Gasteiger partial charge in [0.25, 0.3) is 0 Å². The number of amides is 2. The molecular weight excluding hydrogens is 331 g/mol. The number of urea groups is 1. The van der Waals surface area contributed by atoms with E-state index in [1.807, 2.05) is 0 Å². The molecule has 2 atom stereocenters. The van der Waals surface area contributed by atoms with Crippen LogP contribution >= 0.6 is 11.3 Å². The minimum Gasteiger partial charge on any atom is -0.390 e. The highest BCUT2D eigenvalue weighted by atomic mass is 32.1. The van der Waals surface area contributed by atoms with E-state index in [9.17, 15) is 14.3 Å². The Labute approximate surface area is 142 Å². The van der Waals surface area contributed by atoms with Gasteiger partial charge in [-0.2, -0.15) is 5.26 Å². The lowest BCUT2D eigenvalue weighted by Crippen LogP contribution is -2.48. The van der Waals surface area contributed by atoms with Gasteiger partial charge in [-0.1, -0.05) is 0 Å². The highest BCUT2D eigenvalue weighted by Gasteiger charge is 2.30. The highest BCUT2D eigenvalue weighted by molar-refractivity contribution is 7.16. The van der Waals surface area contributed by atoms with Gasteiger partial charge in [-0.3, -0.25) is 4.98 Å². The number of nitriles is 1.